The zero-order valence-electron chi connectivity index (χ0n) is 24.6. The molecule has 17 nitrogen and oxygen atoms in total. The molecule has 2 aliphatic heterocycles. The molecule has 0 bridgehead atoms. The van der Waals surface area contributed by atoms with Crippen molar-refractivity contribution in [3.8, 4) is 5.75 Å². The van der Waals surface area contributed by atoms with Gasteiger partial charge in [0.2, 0.25) is 17.7 Å². The summed E-state index contributed by atoms with van der Waals surface area (Å²) >= 11 is 7.16. The molecule has 2 aliphatic rings. The Hall–Kier alpha value is -5.62. The fraction of sp³-hybridized carbons (Fsp3) is 0.241. The molecule has 0 aliphatic carbocycles. The first-order valence-electron chi connectivity index (χ1n) is 13.8. The van der Waals surface area contributed by atoms with Gasteiger partial charge in [-0.05, 0) is 17.7 Å². The number of hydrogen-bond donors (Lipinski definition) is 4. The number of aliphatic carboxylic acids is 1. The quantitative estimate of drug-likeness (QED) is 0.124. The Kier molecular flexibility index (Phi) is 9.85. The van der Waals surface area contributed by atoms with E-state index >= 15 is 0 Å². The maximum absolute atomic E-state index is 13.4. The van der Waals surface area contributed by atoms with Crippen LogP contribution in [0.2, 0.25) is 0 Å². The van der Waals surface area contributed by atoms with Crippen LogP contribution in [0.1, 0.15) is 11.6 Å². The molecule has 250 valence electrons. The predicted octanol–water partition coefficient (Wildman–Crippen LogP) is 0.00850. The number of ether oxygens (including phenoxy) is 2. The summed E-state index contributed by atoms with van der Waals surface area (Å²) < 4.78 is 14.9. The van der Waals surface area contributed by atoms with Crippen LogP contribution in [-0.4, -0.2) is 81.2 Å². The molecule has 1 saturated heterocycles. The minimum absolute atomic E-state index is 0.0101. The lowest BCUT2D eigenvalue weighted by Gasteiger charge is -2.49. The highest BCUT2D eigenvalue weighted by Crippen LogP contribution is 2.41. The molecule has 48 heavy (non-hydrogen) atoms. The van der Waals surface area contributed by atoms with E-state index in [0.29, 0.717) is 10.1 Å². The SMILES string of the molecule is COC(=O)Oc1cccc2c(=O)n(CC(=O)NCC(=O)N[C@@H](C(=O)N[C@@H]3C(=O)N4C(C(=O)O)=C(Cl)CSC34)c3ccccc3)c(=O)oc12. The number of β-lactam (4-membered cyclic amide) rings is 1. The zero-order chi connectivity index (χ0) is 34.7. The van der Waals surface area contributed by atoms with Crippen molar-refractivity contribution in [2.24, 2.45) is 0 Å². The van der Waals surface area contributed by atoms with Gasteiger partial charge in [0.15, 0.2) is 11.3 Å². The first-order chi connectivity index (χ1) is 22.9. The summed E-state index contributed by atoms with van der Waals surface area (Å²) in [4.78, 5) is 101. The molecular weight excluding hydrogens is 678 g/mol. The monoisotopic (exact) mass is 701 g/mol. The predicted molar refractivity (Wildman–Crippen MR) is 166 cm³/mol. The zero-order valence-corrected chi connectivity index (χ0v) is 26.2. The lowest BCUT2D eigenvalue weighted by Crippen LogP contribution is -2.71. The number of amides is 4. The van der Waals surface area contributed by atoms with Crippen molar-refractivity contribution in [1.82, 2.24) is 25.4 Å². The van der Waals surface area contributed by atoms with E-state index in [-0.39, 0.29) is 33.2 Å². The molecule has 4 amide bonds. The van der Waals surface area contributed by atoms with Crippen LogP contribution in [0.25, 0.3) is 11.0 Å². The van der Waals surface area contributed by atoms with Crippen LogP contribution in [-0.2, 0) is 35.3 Å². The molecule has 0 spiro atoms. The summed E-state index contributed by atoms with van der Waals surface area (Å²) in [7, 11) is 1.06. The van der Waals surface area contributed by atoms with Gasteiger partial charge in [-0.25, -0.2) is 19.0 Å². The Balaban J connectivity index is 1.24. The number of halogens is 1. The summed E-state index contributed by atoms with van der Waals surface area (Å²) in [5.74, 6) is -6.03. The lowest BCUT2D eigenvalue weighted by atomic mass is 10.0. The van der Waals surface area contributed by atoms with E-state index in [1.165, 1.54) is 18.2 Å². The molecule has 0 radical (unpaired) electrons. The highest BCUT2D eigenvalue weighted by Gasteiger charge is 2.54. The van der Waals surface area contributed by atoms with Gasteiger partial charge in [-0.1, -0.05) is 48.0 Å². The summed E-state index contributed by atoms with van der Waals surface area (Å²) in [6, 6.07) is 9.45. The number of hydrogen-bond acceptors (Lipinski definition) is 12. The van der Waals surface area contributed by atoms with Crippen LogP contribution >= 0.6 is 23.4 Å². The lowest BCUT2D eigenvalue weighted by molar-refractivity contribution is -0.151. The fourth-order valence-corrected chi connectivity index (χ4v) is 6.41. The molecule has 4 N–H and O–H groups in total. The number of para-hydroxylation sites is 1. The van der Waals surface area contributed by atoms with Crippen LogP contribution in [0.3, 0.4) is 0 Å². The van der Waals surface area contributed by atoms with Gasteiger partial charge in [0.05, 0.1) is 24.1 Å². The van der Waals surface area contributed by atoms with E-state index in [4.69, 9.17) is 20.8 Å². The number of carboxylic acids is 1. The molecule has 3 heterocycles. The molecule has 1 fully saturated rings. The number of nitrogens with one attached hydrogen (secondary N) is 3. The largest absolute Gasteiger partial charge is 0.513 e. The number of carboxylic acid groups (broad SMARTS) is 1. The number of nitrogens with zero attached hydrogens (tertiary/aromatic N) is 2. The number of carbonyl (C=O) groups excluding carboxylic acids is 5. The second-order valence-corrected chi connectivity index (χ2v) is 11.7. The molecule has 3 aromatic rings. The number of thioether (sulfide) groups is 1. The number of carbonyl (C=O) groups is 6. The van der Waals surface area contributed by atoms with Crippen molar-refractivity contribution < 1.29 is 47.8 Å². The van der Waals surface area contributed by atoms with Crippen molar-refractivity contribution >= 4 is 70.1 Å². The number of benzene rings is 2. The third kappa shape index (κ3) is 6.74. The molecule has 5 rings (SSSR count). The van der Waals surface area contributed by atoms with Gasteiger partial charge in [0, 0.05) is 5.75 Å². The van der Waals surface area contributed by atoms with Gasteiger partial charge >= 0.3 is 17.9 Å². The Morgan fingerprint density at radius 1 is 1.06 bits per heavy atom. The van der Waals surface area contributed by atoms with E-state index in [9.17, 15) is 43.5 Å². The summed E-state index contributed by atoms with van der Waals surface area (Å²) in [5.41, 5.74) is -1.31. The van der Waals surface area contributed by atoms with Crippen molar-refractivity contribution in [3.05, 3.63) is 85.7 Å². The van der Waals surface area contributed by atoms with Gasteiger partial charge in [0.25, 0.3) is 11.5 Å². The maximum Gasteiger partial charge on any atom is 0.513 e. The van der Waals surface area contributed by atoms with E-state index < -0.39 is 77.6 Å². The Morgan fingerprint density at radius 3 is 2.48 bits per heavy atom. The summed E-state index contributed by atoms with van der Waals surface area (Å²) in [6.45, 7) is -1.52. The van der Waals surface area contributed by atoms with E-state index in [1.54, 1.807) is 30.3 Å². The third-order valence-corrected chi connectivity index (χ3v) is 8.85. The van der Waals surface area contributed by atoms with E-state index in [2.05, 4.69) is 20.7 Å². The van der Waals surface area contributed by atoms with Gasteiger partial charge in [0.1, 0.15) is 29.7 Å². The molecule has 19 heteroatoms. The van der Waals surface area contributed by atoms with Crippen LogP contribution in [0.4, 0.5) is 4.79 Å². The van der Waals surface area contributed by atoms with Crippen molar-refractivity contribution in [1.29, 1.82) is 0 Å². The standard InChI is InChI=1S/C29H24ClN5O12S/c1-45-29(44)46-16-9-5-8-14-22(16)47-28(43)34(24(14)39)11-18(37)31-10-17(36)32-19(13-6-3-2-4-7-13)23(38)33-20-25(40)35-21(27(41)42)15(30)12-48-26(20)35/h2-9,19-20,26H,10-12H2,1H3,(H,31,37)(H,32,36)(H,33,38)(H,41,42)/t19-,20-,26?/m1/s1. The van der Waals surface area contributed by atoms with Crippen LogP contribution in [0.15, 0.2) is 73.3 Å². The normalized spacial score (nSPS) is 17.5. The number of aromatic nitrogens is 1. The third-order valence-electron chi connectivity index (χ3n) is 7.09. The average Bonchev–Trinajstić information content (AvgIpc) is 3.07. The van der Waals surface area contributed by atoms with E-state index in [0.717, 1.165) is 23.8 Å². The van der Waals surface area contributed by atoms with Crippen molar-refractivity contribution in [2.75, 3.05) is 19.4 Å². The number of fused-ring (bicyclic) bond motifs is 2. The molecule has 1 aromatic heterocycles. The Bertz CT molecular complexity index is 2000. The number of rotatable bonds is 10. The summed E-state index contributed by atoms with van der Waals surface area (Å²) in [6.07, 6.45) is -1.12. The van der Waals surface area contributed by atoms with Gasteiger partial charge in [-0.15, -0.1) is 11.8 Å². The van der Waals surface area contributed by atoms with Gasteiger partial charge < -0.3 is 34.9 Å². The van der Waals surface area contributed by atoms with Crippen LogP contribution in [0, 0.1) is 0 Å². The Morgan fingerprint density at radius 2 is 1.79 bits per heavy atom. The first-order valence-corrected chi connectivity index (χ1v) is 15.2. The molecule has 3 atom stereocenters. The minimum Gasteiger partial charge on any atom is -0.477 e. The second kappa shape index (κ2) is 14.0. The molecular formula is C29H24ClN5O12S. The summed E-state index contributed by atoms with van der Waals surface area (Å²) in [5, 5.41) is 15.8. The Labute approximate surface area is 277 Å². The highest BCUT2D eigenvalue weighted by atomic mass is 35.5. The second-order valence-electron chi connectivity index (χ2n) is 10.1. The van der Waals surface area contributed by atoms with Gasteiger partial charge in [-0.3, -0.25) is 28.9 Å². The van der Waals surface area contributed by atoms with Crippen molar-refractivity contribution in [2.45, 2.75) is 24.0 Å². The van der Waals surface area contributed by atoms with Crippen LogP contribution in [0.5, 0.6) is 5.75 Å². The highest BCUT2D eigenvalue weighted by molar-refractivity contribution is 8.00. The maximum atomic E-state index is 13.4. The van der Waals surface area contributed by atoms with Crippen molar-refractivity contribution in [3.63, 3.8) is 0 Å². The molecule has 2 aromatic carbocycles. The first kappa shape index (κ1) is 33.7. The number of methoxy groups -OCH3 is 1. The topological polar surface area (TPSA) is 233 Å². The fourth-order valence-electron chi connectivity index (χ4n) is 4.86. The molecule has 1 unspecified atom stereocenters. The van der Waals surface area contributed by atoms with E-state index in [1.807, 2.05) is 0 Å². The van der Waals surface area contributed by atoms with Crippen LogP contribution < -0.4 is 32.0 Å². The molecule has 0 saturated carbocycles. The average molecular weight is 702 g/mol. The smallest absolute Gasteiger partial charge is 0.477 e. The minimum atomic E-state index is -1.38. The van der Waals surface area contributed by atoms with Gasteiger partial charge in [-0.2, -0.15) is 0 Å².